The molecule has 2 amide bonds. The summed E-state index contributed by atoms with van der Waals surface area (Å²) in [5.74, 6) is 0.934. The summed E-state index contributed by atoms with van der Waals surface area (Å²) in [6.07, 6.45) is 5.48. The SMILES string of the molecule is Cn1cc(-c2cc3ncnc(N4CCN(C(=O)Nc5ccccc5)CC4)c3s2)cn1. The summed E-state index contributed by atoms with van der Waals surface area (Å²) >= 11 is 1.68. The number of para-hydroxylation sites is 1. The number of amides is 2. The van der Waals surface area contributed by atoms with Gasteiger partial charge in [0.2, 0.25) is 0 Å². The number of fused-ring (bicyclic) bond motifs is 1. The maximum Gasteiger partial charge on any atom is 0.321 e. The van der Waals surface area contributed by atoms with Crippen LogP contribution in [0.1, 0.15) is 0 Å². The first kappa shape index (κ1) is 18.6. The van der Waals surface area contributed by atoms with Crippen LogP contribution in [0.15, 0.2) is 55.1 Å². The predicted octanol–water partition coefficient (Wildman–Crippen LogP) is 3.45. The molecular weight excluding hydrogens is 398 g/mol. The molecule has 0 saturated carbocycles. The molecule has 1 aliphatic rings. The minimum atomic E-state index is -0.0660. The van der Waals surface area contributed by atoms with Crippen LogP contribution in [0.3, 0.4) is 0 Å². The number of anilines is 2. The second-order valence-electron chi connectivity index (χ2n) is 7.20. The van der Waals surface area contributed by atoms with Crippen LogP contribution in [-0.2, 0) is 7.05 Å². The summed E-state index contributed by atoms with van der Waals surface area (Å²) < 4.78 is 2.87. The third-order valence-corrected chi connectivity index (χ3v) is 6.34. The van der Waals surface area contributed by atoms with Gasteiger partial charge in [0.1, 0.15) is 12.1 Å². The molecule has 0 spiro atoms. The number of nitrogens with one attached hydrogen (secondary N) is 1. The zero-order chi connectivity index (χ0) is 20.5. The summed E-state index contributed by atoms with van der Waals surface area (Å²) in [7, 11) is 1.91. The van der Waals surface area contributed by atoms with Crippen LogP contribution >= 0.6 is 11.3 Å². The molecule has 1 saturated heterocycles. The van der Waals surface area contributed by atoms with Gasteiger partial charge in [-0.25, -0.2) is 14.8 Å². The maximum atomic E-state index is 12.6. The number of benzene rings is 1. The first-order chi connectivity index (χ1) is 14.7. The van der Waals surface area contributed by atoms with Crippen LogP contribution in [0.5, 0.6) is 0 Å². The number of rotatable bonds is 3. The van der Waals surface area contributed by atoms with Gasteiger partial charge in [0, 0.05) is 55.6 Å². The second kappa shape index (κ2) is 7.75. The molecule has 3 aromatic heterocycles. The van der Waals surface area contributed by atoms with Crippen LogP contribution in [0, 0.1) is 0 Å². The lowest BCUT2D eigenvalue weighted by molar-refractivity contribution is 0.208. The van der Waals surface area contributed by atoms with Gasteiger partial charge in [-0.05, 0) is 18.2 Å². The number of hydrogen-bond donors (Lipinski definition) is 1. The van der Waals surface area contributed by atoms with Gasteiger partial charge in [-0.15, -0.1) is 11.3 Å². The number of hydrogen-bond acceptors (Lipinski definition) is 6. The van der Waals surface area contributed by atoms with Crippen molar-refractivity contribution in [3.05, 3.63) is 55.1 Å². The maximum absolute atomic E-state index is 12.6. The minimum Gasteiger partial charge on any atom is -0.352 e. The van der Waals surface area contributed by atoms with E-state index < -0.39 is 0 Å². The van der Waals surface area contributed by atoms with Crippen LogP contribution in [0.2, 0.25) is 0 Å². The Kier molecular flexibility index (Phi) is 4.80. The summed E-state index contributed by atoms with van der Waals surface area (Å²) in [6, 6.07) is 11.6. The van der Waals surface area contributed by atoms with Crippen LogP contribution < -0.4 is 10.2 Å². The van der Waals surface area contributed by atoms with Crippen molar-refractivity contribution in [1.29, 1.82) is 0 Å². The number of nitrogens with zero attached hydrogens (tertiary/aromatic N) is 6. The molecule has 0 aliphatic carbocycles. The molecule has 152 valence electrons. The molecule has 1 aliphatic heterocycles. The Hall–Kier alpha value is -3.46. The molecule has 0 unspecified atom stereocenters. The third kappa shape index (κ3) is 3.59. The van der Waals surface area contributed by atoms with E-state index in [4.69, 9.17) is 0 Å². The second-order valence-corrected chi connectivity index (χ2v) is 8.25. The molecule has 0 radical (unpaired) electrons. The summed E-state index contributed by atoms with van der Waals surface area (Å²) in [6.45, 7) is 2.75. The van der Waals surface area contributed by atoms with Gasteiger partial charge in [0.15, 0.2) is 0 Å². The number of urea groups is 1. The average Bonchev–Trinajstić information content (AvgIpc) is 3.40. The summed E-state index contributed by atoms with van der Waals surface area (Å²) in [4.78, 5) is 26.8. The highest BCUT2D eigenvalue weighted by atomic mass is 32.1. The molecule has 8 nitrogen and oxygen atoms in total. The van der Waals surface area contributed by atoms with Crippen LogP contribution in [0.25, 0.3) is 20.7 Å². The van der Waals surface area contributed by atoms with Crippen molar-refractivity contribution in [2.24, 2.45) is 7.05 Å². The number of piperazine rings is 1. The lowest BCUT2D eigenvalue weighted by atomic mass is 10.2. The fourth-order valence-electron chi connectivity index (χ4n) is 3.60. The highest BCUT2D eigenvalue weighted by Gasteiger charge is 2.24. The third-order valence-electron chi connectivity index (χ3n) is 5.17. The molecule has 9 heteroatoms. The highest BCUT2D eigenvalue weighted by Crippen LogP contribution is 2.36. The summed E-state index contributed by atoms with van der Waals surface area (Å²) in [5, 5.41) is 7.22. The van der Waals surface area contributed by atoms with E-state index in [1.807, 2.05) is 54.7 Å². The van der Waals surface area contributed by atoms with E-state index in [0.29, 0.717) is 13.1 Å². The van der Waals surface area contributed by atoms with Crippen molar-refractivity contribution < 1.29 is 4.79 Å². The van der Waals surface area contributed by atoms with Crippen molar-refractivity contribution in [3.8, 4) is 10.4 Å². The van der Waals surface area contributed by atoms with Gasteiger partial charge in [0.05, 0.1) is 16.4 Å². The van der Waals surface area contributed by atoms with E-state index >= 15 is 0 Å². The van der Waals surface area contributed by atoms with Crippen molar-refractivity contribution in [2.45, 2.75) is 0 Å². The van der Waals surface area contributed by atoms with E-state index in [-0.39, 0.29) is 6.03 Å². The monoisotopic (exact) mass is 419 g/mol. The van der Waals surface area contributed by atoms with Crippen molar-refractivity contribution in [3.63, 3.8) is 0 Å². The van der Waals surface area contributed by atoms with Gasteiger partial charge >= 0.3 is 6.03 Å². The Morgan fingerprint density at radius 3 is 2.63 bits per heavy atom. The molecule has 1 aromatic carbocycles. The number of carbonyl (C=O) groups is 1. The zero-order valence-electron chi connectivity index (χ0n) is 16.5. The number of thiophene rings is 1. The molecule has 0 bridgehead atoms. The van der Waals surface area contributed by atoms with E-state index in [1.165, 1.54) is 0 Å². The molecule has 4 aromatic rings. The number of aromatic nitrogens is 4. The number of aryl methyl sites for hydroxylation is 1. The van der Waals surface area contributed by atoms with Crippen LogP contribution in [-0.4, -0.2) is 56.9 Å². The van der Waals surface area contributed by atoms with Gasteiger partial charge in [-0.3, -0.25) is 4.68 Å². The molecule has 5 rings (SSSR count). The predicted molar refractivity (Wildman–Crippen MR) is 119 cm³/mol. The first-order valence-electron chi connectivity index (χ1n) is 9.77. The Balaban J connectivity index is 1.31. The average molecular weight is 420 g/mol. The zero-order valence-corrected chi connectivity index (χ0v) is 17.3. The van der Waals surface area contributed by atoms with Gasteiger partial charge in [0.25, 0.3) is 0 Å². The highest BCUT2D eigenvalue weighted by molar-refractivity contribution is 7.22. The lowest BCUT2D eigenvalue weighted by Gasteiger charge is -2.35. The topological polar surface area (TPSA) is 79.2 Å². The van der Waals surface area contributed by atoms with E-state index in [1.54, 1.807) is 22.3 Å². The van der Waals surface area contributed by atoms with Gasteiger partial charge in [-0.2, -0.15) is 5.10 Å². The fraction of sp³-hybridized carbons (Fsp3) is 0.238. The normalized spacial score (nSPS) is 14.3. The molecular formula is C21H21N7OS. The Bertz CT molecular complexity index is 1180. The van der Waals surface area contributed by atoms with Crippen LogP contribution in [0.4, 0.5) is 16.3 Å². The standard InChI is InChI=1S/C21H21N7OS/c1-26-13-15(12-24-26)18-11-17-19(30-18)20(23-14-22-17)27-7-9-28(10-8-27)21(29)25-16-5-3-2-4-6-16/h2-6,11-14H,7-10H2,1H3,(H,25,29). The molecule has 1 fully saturated rings. The minimum absolute atomic E-state index is 0.0660. The quantitative estimate of drug-likeness (QED) is 0.550. The van der Waals surface area contributed by atoms with Gasteiger partial charge < -0.3 is 15.1 Å². The molecule has 1 N–H and O–H groups in total. The molecule has 30 heavy (non-hydrogen) atoms. The smallest absolute Gasteiger partial charge is 0.321 e. The van der Waals surface area contributed by atoms with E-state index in [2.05, 4.69) is 31.3 Å². The van der Waals surface area contributed by atoms with Crippen molar-refractivity contribution in [2.75, 3.05) is 36.4 Å². The lowest BCUT2D eigenvalue weighted by Crippen LogP contribution is -2.50. The Morgan fingerprint density at radius 1 is 1.10 bits per heavy atom. The fourth-order valence-corrected chi connectivity index (χ4v) is 4.71. The van der Waals surface area contributed by atoms with Crippen molar-refractivity contribution >= 4 is 39.1 Å². The summed E-state index contributed by atoms with van der Waals surface area (Å²) in [5.41, 5.74) is 2.82. The first-order valence-corrected chi connectivity index (χ1v) is 10.6. The molecule has 0 atom stereocenters. The van der Waals surface area contributed by atoms with E-state index in [9.17, 15) is 4.79 Å². The molecule has 4 heterocycles. The Labute approximate surface area is 177 Å². The van der Waals surface area contributed by atoms with Gasteiger partial charge in [-0.1, -0.05) is 18.2 Å². The Morgan fingerprint density at radius 2 is 1.90 bits per heavy atom. The number of carbonyl (C=O) groups excluding carboxylic acids is 1. The van der Waals surface area contributed by atoms with Crippen molar-refractivity contribution in [1.82, 2.24) is 24.6 Å². The largest absolute Gasteiger partial charge is 0.352 e. The van der Waals surface area contributed by atoms with E-state index in [0.717, 1.165) is 45.3 Å².